The Morgan fingerprint density at radius 2 is 0.915 bits per heavy atom. The van der Waals surface area contributed by atoms with Gasteiger partial charge in [0.1, 0.15) is 6.10 Å². The maximum absolute atomic E-state index is 13.2. The van der Waals surface area contributed by atoms with Gasteiger partial charge in [0.05, 0.1) is 25.2 Å². The van der Waals surface area contributed by atoms with E-state index in [1.807, 2.05) is 0 Å². The van der Waals surface area contributed by atoms with Gasteiger partial charge in [-0.25, -0.2) is 0 Å². The second-order valence-corrected chi connectivity index (χ2v) is 17.6. The van der Waals surface area contributed by atoms with Gasteiger partial charge < -0.3 is 20.3 Å². The second-order valence-electron chi connectivity index (χ2n) is 17.6. The van der Waals surface area contributed by atoms with E-state index in [-0.39, 0.29) is 24.9 Å². The van der Waals surface area contributed by atoms with Crippen LogP contribution in [-0.4, -0.2) is 46.9 Å². The summed E-state index contributed by atoms with van der Waals surface area (Å²) in [6.45, 7) is 6.35. The molecule has 1 amide bonds. The molecule has 0 fully saturated rings. The van der Waals surface area contributed by atoms with Crippen molar-refractivity contribution in [2.45, 2.75) is 283 Å². The topological polar surface area (TPSA) is 95.9 Å². The number of aliphatic hydroxyl groups excluding tert-OH is 2. The summed E-state index contributed by atoms with van der Waals surface area (Å²) in [6.07, 6.45) is 54.9. The standard InChI is InChI=1S/C53H99NO5/c1-4-7-10-13-16-19-22-24-25-26-27-29-31-33-36-39-42-45-51(56)50(48-55)54-52(57)47-49(44-41-38-35-32-30-28-23-20-17-14-11-8-5-2)59-53(58)46-43-40-37-34-21-18-15-12-9-6-3/h8,11,14,17,20,23,49-51,55-56H,4-7,9-10,12-13,15-16,18-19,21-22,24-48H2,1-3H3,(H,54,57)/b11-8+,17-14+,23-20+. The molecule has 0 aliphatic carbocycles. The molecule has 6 heteroatoms. The van der Waals surface area contributed by atoms with Crippen LogP contribution in [0, 0.1) is 0 Å². The van der Waals surface area contributed by atoms with Gasteiger partial charge in [-0.2, -0.15) is 0 Å². The quantitative estimate of drug-likeness (QED) is 0.0323. The van der Waals surface area contributed by atoms with E-state index in [1.165, 1.54) is 141 Å². The maximum atomic E-state index is 13.2. The molecule has 0 bridgehead atoms. The molecule has 0 heterocycles. The molecule has 0 saturated heterocycles. The lowest BCUT2D eigenvalue weighted by Gasteiger charge is -2.24. The summed E-state index contributed by atoms with van der Waals surface area (Å²) in [7, 11) is 0. The molecular formula is C53H99NO5. The normalized spacial score (nSPS) is 13.5. The Bertz CT molecular complexity index is 977. The van der Waals surface area contributed by atoms with Crippen LogP contribution in [0.4, 0.5) is 0 Å². The van der Waals surface area contributed by atoms with Crippen molar-refractivity contribution < 1.29 is 24.5 Å². The molecule has 3 unspecified atom stereocenters. The van der Waals surface area contributed by atoms with Crippen LogP contribution in [0.5, 0.6) is 0 Å². The minimum Gasteiger partial charge on any atom is -0.462 e. The monoisotopic (exact) mass is 830 g/mol. The fourth-order valence-corrected chi connectivity index (χ4v) is 7.90. The first kappa shape index (κ1) is 57.1. The van der Waals surface area contributed by atoms with Crippen molar-refractivity contribution in [3.05, 3.63) is 36.5 Å². The first-order chi connectivity index (χ1) is 29.0. The third-order valence-corrected chi connectivity index (χ3v) is 11.8. The number of rotatable bonds is 46. The van der Waals surface area contributed by atoms with Crippen LogP contribution in [0.25, 0.3) is 0 Å². The Kier molecular flexibility index (Phi) is 45.6. The molecule has 0 rings (SSSR count). The lowest BCUT2D eigenvalue weighted by atomic mass is 10.0. The molecule has 0 aliphatic rings. The highest BCUT2D eigenvalue weighted by molar-refractivity contribution is 5.77. The largest absolute Gasteiger partial charge is 0.462 e. The van der Waals surface area contributed by atoms with Gasteiger partial charge >= 0.3 is 5.97 Å². The predicted molar refractivity (Wildman–Crippen MR) is 255 cm³/mol. The minimum atomic E-state index is -0.790. The molecule has 0 aromatic heterocycles. The molecule has 3 N–H and O–H groups in total. The van der Waals surface area contributed by atoms with Crippen molar-refractivity contribution in [1.82, 2.24) is 5.32 Å². The molecule has 0 aromatic carbocycles. The summed E-state index contributed by atoms with van der Waals surface area (Å²) in [5.41, 5.74) is 0. The van der Waals surface area contributed by atoms with E-state index in [2.05, 4.69) is 62.5 Å². The van der Waals surface area contributed by atoms with Crippen molar-refractivity contribution in [2.75, 3.05) is 6.61 Å². The Hall–Kier alpha value is -1.92. The van der Waals surface area contributed by atoms with Crippen LogP contribution >= 0.6 is 0 Å². The smallest absolute Gasteiger partial charge is 0.306 e. The summed E-state index contributed by atoms with van der Waals surface area (Å²) in [5, 5.41) is 23.8. The Labute approximate surface area is 366 Å². The Balaban J connectivity index is 4.49. The van der Waals surface area contributed by atoms with Crippen LogP contribution in [0.1, 0.15) is 265 Å². The van der Waals surface area contributed by atoms with Gasteiger partial charge in [-0.05, 0) is 44.9 Å². The number of hydrogen-bond acceptors (Lipinski definition) is 5. The van der Waals surface area contributed by atoms with Crippen molar-refractivity contribution in [3.63, 3.8) is 0 Å². The molecule has 0 spiro atoms. The van der Waals surface area contributed by atoms with Crippen molar-refractivity contribution in [2.24, 2.45) is 0 Å². The molecule has 0 saturated carbocycles. The van der Waals surface area contributed by atoms with Crippen molar-refractivity contribution in [1.29, 1.82) is 0 Å². The van der Waals surface area contributed by atoms with Crippen molar-refractivity contribution >= 4 is 11.9 Å². The molecule has 346 valence electrons. The molecule has 3 atom stereocenters. The van der Waals surface area contributed by atoms with Crippen LogP contribution in [0.15, 0.2) is 36.5 Å². The maximum Gasteiger partial charge on any atom is 0.306 e. The minimum absolute atomic E-state index is 0.0673. The van der Waals surface area contributed by atoms with E-state index >= 15 is 0 Å². The van der Waals surface area contributed by atoms with Gasteiger partial charge in [0.2, 0.25) is 5.91 Å². The fraction of sp³-hybridized carbons (Fsp3) is 0.849. The lowest BCUT2D eigenvalue weighted by Crippen LogP contribution is -2.46. The van der Waals surface area contributed by atoms with E-state index in [1.54, 1.807) is 0 Å². The zero-order valence-electron chi connectivity index (χ0n) is 39.4. The summed E-state index contributed by atoms with van der Waals surface area (Å²) in [5.74, 6) is -0.487. The van der Waals surface area contributed by atoms with Gasteiger partial charge in [-0.3, -0.25) is 9.59 Å². The molecule has 59 heavy (non-hydrogen) atoms. The van der Waals surface area contributed by atoms with Gasteiger partial charge in [0.15, 0.2) is 0 Å². The zero-order chi connectivity index (χ0) is 43.1. The highest BCUT2D eigenvalue weighted by Crippen LogP contribution is 2.18. The van der Waals surface area contributed by atoms with Gasteiger partial charge in [0, 0.05) is 6.42 Å². The van der Waals surface area contributed by atoms with E-state index in [4.69, 9.17) is 4.74 Å². The fourth-order valence-electron chi connectivity index (χ4n) is 7.90. The van der Waals surface area contributed by atoms with E-state index < -0.39 is 18.2 Å². The zero-order valence-corrected chi connectivity index (χ0v) is 39.4. The van der Waals surface area contributed by atoms with Gasteiger partial charge in [-0.15, -0.1) is 0 Å². The Morgan fingerprint density at radius 3 is 1.37 bits per heavy atom. The number of esters is 1. The third-order valence-electron chi connectivity index (χ3n) is 11.8. The first-order valence-corrected chi connectivity index (χ1v) is 25.7. The SMILES string of the molecule is CC/C=C/C=C/C=C/CCCCCCCC(CC(=O)NC(CO)C(O)CCCCCCCCCCCCCCCCCCC)OC(=O)CCCCCCCCCCCC. The number of carbonyl (C=O) groups is 2. The molecule has 0 aromatic rings. The molecule has 6 nitrogen and oxygen atoms in total. The van der Waals surface area contributed by atoms with Crippen LogP contribution in [0.3, 0.4) is 0 Å². The number of hydrogen-bond donors (Lipinski definition) is 3. The number of aliphatic hydroxyl groups is 2. The summed E-state index contributed by atoms with van der Waals surface area (Å²) < 4.78 is 5.91. The summed E-state index contributed by atoms with van der Waals surface area (Å²) >= 11 is 0. The molecule has 0 radical (unpaired) electrons. The van der Waals surface area contributed by atoms with Crippen molar-refractivity contribution in [3.8, 4) is 0 Å². The number of carbonyl (C=O) groups excluding carboxylic acids is 2. The van der Waals surface area contributed by atoms with E-state index in [9.17, 15) is 19.8 Å². The van der Waals surface area contributed by atoms with Gasteiger partial charge in [0.25, 0.3) is 0 Å². The lowest BCUT2D eigenvalue weighted by molar-refractivity contribution is -0.151. The van der Waals surface area contributed by atoms with E-state index in [0.29, 0.717) is 19.3 Å². The molecular weight excluding hydrogens is 731 g/mol. The number of amides is 1. The highest BCUT2D eigenvalue weighted by atomic mass is 16.5. The summed E-state index contributed by atoms with van der Waals surface area (Å²) in [4.78, 5) is 26.1. The second kappa shape index (κ2) is 47.1. The van der Waals surface area contributed by atoms with Gasteiger partial charge in [-0.1, -0.05) is 243 Å². The average Bonchev–Trinajstić information content (AvgIpc) is 3.23. The van der Waals surface area contributed by atoms with Crippen LogP contribution < -0.4 is 5.32 Å². The van der Waals surface area contributed by atoms with Crippen LogP contribution in [0.2, 0.25) is 0 Å². The van der Waals surface area contributed by atoms with E-state index in [0.717, 1.165) is 77.0 Å². The summed E-state index contributed by atoms with van der Waals surface area (Å²) in [6, 6.07) is -0.705. The number of unbranched alkanes of at least 4 members (excludes halogenated alkanes) is 30. The molecule has 0 aliphatic heterocycles. The average molecular weight is 830 g/mol. The third kappa shape index (κ3) is 42.6. The predicted octanol–water partition coefficient (Wildman–Crippen LogP) is 15.3. The van der Waals surface area contributed by atoms with Crippen LogP contribution in [-0.2, 0) is 14.3 Å². The first-order valence-electron chi connectivity index (χ1n) is 25.7. The Morgan fingerprint density at radius 1 is 0.508 bits per heavy atom. The number of nitrogens with one attached hydrogen (secondary N) is 1. The highest BCUT2D eigenvalue weighted by Gasteiger charge is 2.24. The number of allylic oxidation sites excluding steroid dienone is 6. The number of ether oxygens (including phenoxy) is 1.